The molecule has 0 radical (unpaired) electrons. The fourth-order valence-corrected chi connectivity index (χ4v) is 6.44. The first-order chi connectivity index (χ1) is 16.2. The van der Waals surface area contributed by atoms with Crippen molar-refractivity contribution in [1.82, 2.24) is 19.2 Å². The monoisotopic (exact) mass is 548 g/mol. The topological polar surface area (TPSA) is 98.8 Å². The smallest absolute Gasteiger partial charge is 0.240 e. The molecule has 0 spiro atoms. The number of benzene rings is 2. The Kier molecular flexibility index (Phi) is 10.2. The van der Waals surface area contributed by atoms with Crippen LogP contribution in [0.3, 0.4) is 0 Å². The SMILES string of the molecule is O=S(=O)(NCCCN1CCN(CCCNS(=O)(=O)c2cccc(Cl)c2)CC1)c1cccc(Cl)c1. The van der Waals surface area contributed by atoms with Crippen LogP contribution in [-0.4, -0.2) is 79.0 Å². The van der Waals surface area contributed by atoms with Gasteiger partial charge in [-0.05, 0) is 62.3 Å². The minimum Gasteiger partial charge on any atom is -0.301 e. The van der Waals surface area contributed by atoms with Gasteiger partial charge >= 0.3 is 0 Å². The zero-order valence-corrected chi connectivity index (χ0v) is 21.9. The third-order valence-electron chi connectivity index (χ3n) is 5.56. The van der Waals surface area contributed by atoms with Crippen LogP contribution in [0.5, 0.6) is 0 Å². The van der Waals surface area contributed by atoms with E-state index in [1.165, 1.54) is 24.3 Å². The molecule has 0 aromatic heterocycles. The Morgan fingerprint density at radius 3 is 1.41 bits per heavy atom. The molecule has 0 aliphatic carbocycles. The number of hydrogen-bond acceptors (Lipinski definition) is 6. The Hall–Kier alpha value is -1.24. The standard InChI is InChI=1S/C22H30Cl2N4O4S2/c23-19-5-1-7-21(17-19)33(29,30)25-9-3-11-27-13-15-28(16-14-27)12-4-10-26-34(31,32)22-8-2-6-20(24)18-22/h1-2,5-8,17-18,25-26H,3-4,9-16H2. The van der Waals surface area contributed by atoms with Crippen LogP contribution in [-0.2, 0) is 20.0 Å². The number of hydrogen-bond donors (Lipinski definition) is 2. The highest BCUT2D eigenvalue weighted by molar-refractivity contribution is 7.89. The summed E-state index contributed by atoms with van der Waals surface area (Å²) >= 11 is 11.8. The van der Waals surface area contributed by atoms with E-state index in [1.807, 2.05) is 0 Å². The lowest BCUT2D eigenvalue weighted by Crippen LogP contribution is -2.47. The molecule has 1 aliphatic heterocycles. The van der Waals surface area contributed by atoms with Gasteiger partial charge in [-0.25, -0.2) is 26.3 Å². The molecule has 2 N–H and O–H groups in total. The molecule has 12 heteroatoms. The highest BCUT2D eigenvalue weighted by Crippen LogP contribution is 2.16. The van der Waals surface area contributed by atoms with Gasteiger partial charge in [0.1, 0.15) is 0 Å². The second-order valence-electron chi connectivity index (χ2n) is 8.10. The van der Waals surface area contributed by atoms with E-state index in [0.29, 0.717) is 36.0 Å². The van der Waals surface area contributed by atoms with E-state index < -0.39 is 20.0 Å². The fourth-order valence-electron chi connectivity index (χ4n) is 3.69. The van der Waals surface area contributed by atoms with E-state index in [0.717, 1.165) is 39.3 Å². The zero-order valence-electron chi connectivity index (χ0n) is 18.8. The van der Waals surface area contributed by atoms with Gasteiger partial charge in [-0.1, -0.05) is 35.3 Å². The van der Waals surface area contributed by atoms with Gasteiger partial charge in [0, 0.05) is 49.3 Å². The van der Waals surface area contributed by atoms with Crippen molar-refractivity contribution >= 4 is 43.2 Å². The third-order valence-corrected chi connectivity index (χ3v) is 8.95. The zero-order chi connectivity index (χ0) is 24.6. The van der Waals surface area contributed by atoms with Gasteiger partial charge in [-0.2, -0.15) is 0 Å². The maximum atomic E-state index is 12.3. The van der Waals surface area contributed by atoms with Crippen molar-refractivity contribution < 1.29 is 16.8 Å². The first kappa shape index (κ1) is 27.3. The Labute approximate surface area is 212 Å². The normalized spacial score (nSPS) is 16.1. The molecule has 0 unspecified atom stereocenters. The van der Waals surface area contributed by atoms with Gasteiger partial charge in [-0.15, -0.1) is 0 Å². The van der Waals surface area contributed by atoms with E-state index >= 15 is 0 Å². The van der Waals surface area contributed by atoms with Crippen molar-refractivity contribution in [3.8, 4) is 0 Å². The van der Waals surface area contributed by atoms with E-state index in [2.05, 4.69) is 19.2 Å². The van der Waals surface area contributed by atoms with Crippen LogP contribution in [0.2, 0.25) is 10.0 Å². The van der Waals surface area contributed by atoms with Crippen molar-refractivity contribution in [3.05, 3.63) is 58.6 Å². The molecule has 188 valence electrons. The molecule has 0 amide bonds. The fraction of sp³-hybridized carbons (Fsp3) is 0.455. The minimum atomic E-state index is -3.55. The average molecular weight is 550 g/mol. The first-order valence-electron chi connectivity index (χ1n) is 11.1. The summed E-state index contributed by atoms with van der Waals surface area (Å²) in [5.41, 5.74) is 0. The summed E-state index contributed by atoms with van der Waals surface area (Å²) in [6.07, 6.45) is 1.43. The van der Waals surface area contributed by atoms with Crippen molar-refractivity contribution in [2.24, 2.45) is 0 Å². The lowest BCUT2D eigenvalue weighted by atomic mass is 10.2. The van der Waals surface area contributed by atoms with Crippen LogP contribution in [0.1, 0.15) is 12.8 Å². The van der Waals surface area contributed by atoms with E-state index in [9.17, 15) is 16.8 Å². The largest absolute Gasteiger partial charge is 0.301 e. The molecular weight excluding hydrogens is 519 g/mol. The molecule has 1 heterocycles. The average Bonchev–Trinajstić information content (AvgIpc) is 2.80. The summed E-state index contributed by atoms with van der Waals surface area (Å²) in [7, 11) is -7.11. The van der Waals surface area contributed by atoms with Gasteiger partial charge in [-0.3, -0.25) is 0 Å². The second-order valence-corrected chi connectivity index (χ2v) is 12.5. The molecule has 2 aromatic carbocycles. The number of piperazine rings is 1. The molecule has 3 rings (SSSR count). The molecule has 1 aliphatic rings. The highest BCUT2D eigenvalue weighted by atomic mass is 35.5. The molecule has 1 saturated heterocycles. The quantitative estimate of drug-likeness (QED) is 0.395. The number of sulfonamides is 2. The Morgan fingerprint density at radius 1 is 0.676 bits per heavy atom. The Morgan fingerprint density at radius 2 is 1.06 bits per heavy atom. The third kappa shape index (κ3) is 8.46. The van der Waals surface area contributed by atoms with E-state index in [1.54, 1.807) is 24.3 Å². The van der Waals surface area contributed by atoms with Crippen molar-refractivity contribution in [2.75, 3.05) is 52.4 Å². The highest BCUT2D eigenvalue weighted by Gasteiger charge is 2.18. The van der Waals surface area contributed by atoms with E-state index in [4.69, 9.17) is 23.2 Å². The number of nitrogens with one attached hydrogen (secondary N) is 2. The van der Waals surface area contributed by atoms with E-state index in [-0.39, 0.29) is 9.79 Å². The van der Waals surface area contributed by atoms with Crippen LogP contribution >= 0.6 is 23.2 Å². The molecule has 0 bridgehead atoms. The Bertz CT molecular complexity index is 1060. The summed E-state index contributed by atoms with van der Waals surface area (Å²) in [5.74, 6) is 0. The molecular formula is C22H30Cl2N4O4S2. The summed E-state index contributed by atoms with van der Waals surface area (Å²) in [4.78, 5) is 4.96. The second kappa shape index (κ2) is 12.6. The predicted octanol–water partition coefficient (Wildman–Crippen LogP) is 2.65. The lowest BCUT2D eigenvalue weighted by molar-refractivity contribution is 0.131. The van der Waals surface area contributed by atoms with Crippen LogP contribution in [0.25, 0.3) is 0 Å². The van der Waals surface area contributed by atoms with Crippen molar-refractivity contribution in [1.29, 1.82) is 0 Å². The van der Waals surface area contributed by atoms with Crippen LogP contribution in [0, 0.1) is 0 Å². The van der Waals surface area contributed by atoms with Gasteiger partial charge in [0.2, 0.25) is 20.0 Å². The number of nitrogens with zero attached hydrogens (tertiary/aromatic N) is 2. The summed E-state index contributed by atoms with van der Waals surface area (Å²) in [6, 6.07) is 12.4. The maximum Gasteiger partial charge on any atom is 0.240 e. The Balaban J connectivity index is 1.29. The van der Waals surface area contributed by atoms with Crippen LogP contribution in [0.4, 0.5) is 0 Å². The predicted molar refractivity (Wildman–Crippen MR) is 135 cm³/mol. The summed E-state index contributed by atoms with van der Waals surface area (Å²) in [5, 5.41) is 0.776. The van der Waals surface area contributed by atoms with Crippen molar-refractivity contribution in [2.45, 2.75) is 22.6 Å². The summed E-state index contributed by atoms with van der Waals surface area (Å²) < 4.78 is 54.5. The van der Waals surface area contributed by atoms with Gasteiger partial charge in [0.15, 0.2) is 0 Å². The molecule has 8 nitrogen and oxygen atoms in total. The van der Waals surface area contributed by atoms with Crippen molar-refractivity contribution in [3.63, 3.8) is 0 Å². The summed E-state index contributed by atoms with van der Waals surface area (Å²) in [6.45, 7) is 5.94. The molecule has 34 heavy (non-hydrogen) atoms. The molecule has 2 aromatic rings. The maximum absolute atomic E-state index is 12.3. The van der Waals surface area contributed by atoms with Gasteiger partial charge in [0.05, 0.1) is 9.79 Å². The number of halogens is 2. The van der Waals surface area contributed by atoms with Gasteiger partial charge in [0.25, 0.3) is 0 Å². The first-order valence-corrected chi connectivity index (χ1v) is 14.8. The van der Waals surface area contributed by atoms with Crippen LogP contribution in [0.15, 0.2) is 58.3 Å². The lowest BCUT2D eigenvalue weighted by Gasteiger charge is -2.34. The van der Waals surface area contributed by atoms with Crippen LogP contribution < -0.4 is 9.44 Å². The molecule has 1 fully saturated rings. The molecule has 0 saturated carbocycles. The molecule has 0 atom stereocenters. The van der Waals surface area contributed by atoms with Gasteiger partial charge < -0.3 is 9.80 Å². The minimum absolute atomic E-state index is 0.170. The number of rotatable bonds is 12.